The van der Waals surface area contributed by atoms with Crippen molar-refractivity contribution in [2.75, 3.05) is 0 Å². The van der Waals surface area contributed by atoms with E-state index < -0.39 is 0 Å². The van der Waals surface area contributed by atoms with Crippen LogP contribution in [0.2, 0.25) is 0 Å². The van der Waals surface area contributed by atoms with Gasteiger partial charge in [0.1, 0.15) is 12.2 Å². The van der Waals surface area contributed by atoms with Crippen molar-refractivity contribution in [3.8, 4) is 0 Å². The van der Waals surface area contributed by atoms with E-state index in [-0.39, 0.29) is 0 Å². The van der Waals surface area contributed by atoms with Crippen LogP contribution in [0.15, 0.2) is 6.08 Å². The standard InChI is InChI=1S/C19H34O2/c20-18-16-14-12-10-8-6-4-2-1-3-5-7-9-11-13-15-17-19-21/h16,19H,1-15,17H2. The van der Waals surface area contributed by atoms with Crippen LogP contribution in [0.1, 0.15) is 103 Å². The summed E-state index contributed by atoms with van der Waals surface area (Å²) in [6.45, 7) is 0. The third-order valence-electron chi connectivity index (χ3n) is 4.00. The van der Waals surface area contributed by atoms with Crippen LogP contribution < -0.4 is 0 Å². The maximum Gasteiger partial charge on any atom is 0.120 e. The van der Waals surface area contributed by atoms with E-state index in [1.54, 1.807) is 6.08 Å². The number of allylic oxidation sites excluding steroid dienone is 1. The first-order chi connectivity index (χ1) is 10.4. The van der Waals surface area contributed by atoms with Gasteiger partial charge in [-0.2, -0.15) is 0 Å². The Morgan fingerprint density at radius 1 is 0.524 bits per heavy atom. The molecule has 0 unspecified atom stereocenters. The van der Waals surface area contributed by atoms with Gasteiger partial charge < -0.3 is 4.79 Å². The molecule has 0 saturated heterocycles. The van der Waals surface area contributed by atoms with Gasteiger partial charge in [0.15, 0.2) is 0 Å². The Morgan fingerprint density at radius 2 is 0.857 bits per heavy atom. The van der Waals surface area contributed by atoms with E-state index in [9.17, 15) is 9.59 Å². The van der Waals surface area contributed by atoms with Gasteiger partial charge >= 0.3 is 0 Å². The highest BCUT2D eigenvalue weighted by molar-refractivity contribution is 5.48. The van der Waals surface area contributed by atoms with Crippen molar-refractivity contribution in [3.63, 3.8) is 0 Å². The molecule has 0 heterocycles. The smallest absolute Gasteiger partial charge is 0.120 e. The summed E-state index contributed by atoms with van der Waals surface area (Å²) >= 11 is 0. The molecule has 0 spiro atoms. The summed E-state index contributed by atoms with van der Waals surface area (Å²) in [5.74, 6) is 1.83. The summed E-state index contributed by atoms with van der Waals surface area (Å²) in [6, 6.07) is 0. The summed E-state index contributed by atoms with van der Waals surface area (Å²) in [4.78, 5) is 20.1. The van der Waals surface area contributed by atoms with Crippen molar-refractivity contribution in [1.29, 1.82) is 0 Å². The van der Waals surface area contributed by atoms with E-state index in [0.717, 1.165) is 32.0 Å². The number of rotatable bonds is 17. The number of unbranched alkanes of at least 4 members (excludes halogenated alkanes) is 15. The number of hydrogen-bond donors (Lipinski definition) is 0. The minimum atomic E-state index is 0.744. The zero-order valence-corrected chi connectivity index (χ0v) is 13.8. The molecule has 0 bridgehead atoms. The van der Waals surface area contributed by atoms with Crippen molar-refractivity contribution >= 4 is 12.2 Å². The van der Waals surface area contributed by atoms with Crippen LogP contribution >= 0.6 is 0 Å². The van der Waals surface area contributed by atoms with E-state index in [0.29, 0.717) is 0 Å². The molecule has 0 fully saturated rings. The minimum absolute atomic E-state index is 0.744. The van der Waals surface area contributed by atoms with Crippen molar-refractivity contribution in [2.45, 2.75) is 103 Å². The summed E-state index contributed by atoms with van der Waals surface area (Å²) < 4.78 is 0. The number of carbonyl (C=O) groups excluding carboxylic acids is 2. The second kappa shape index (κ2) is 19.1. The van der Waals surface area contributed by atoms with Gasteiger partial charge in [0.05, 0.1) is 0 Å². The highest BCUT2D eigenvalue weighted by Crippen LogP contribution is 2.13. The van der Waals surface area contributed by atoms with Crippen molar-refractivity contribution in [3.05, 3.63) is 6.08 Å². The van der Waals surface area contributed by atoms with E-state index in [4.69, 9.17) is 0 Å². The molecule has 0 aliphatic heterocycles. The van der Waals surface area contributed by atoms with Gasteiger partial charge in [0, 0.05) is 6.42 Å². The molecule has 0 aromatic carbocycles. The maximum atomic E-state index is 10.2. The lowest BCUT2D eigenvalue weighted by molar-refractivity contribution is -0.107. The molecule has 0 saturated carbocycles. The fourth-order valence-electron chi connectivity index (χ4n) is 2.65. The topological polar surface area (TPSA) is 34.1 Å². The average molecular weight is 294 g/mol. The first kappa shape index (κ1) is 20.1. The third-order valence-corrected chi connectivity index (χ3v) is 4.00. The normalized spacial score (nSPS) is 10.3. The number of aldehydes is 1. The first-order valence-corrected chi connectivity index (χ1v) is 9.04. The van der Waals surface area contributed by atoms with E-state index in [2.05, 4.69) is 0 Å². The van der Waals surface area contributed by atoms with Crippen LogP contribution in [-0.2, 0) is 9.59 Å². The van der Waals surface area contributed by atoms with Gasteiger partial charge in [-0.15, -0.1) is 0 Å². The quantitative estimate of drug-likeness (QED) is 0.192. The molecule has 0 aromatic rings. The van der Waals surface area contributed by atoms with Gasteiger partial charge in [0.25, 0.3) is 0 Å². The monoisotopic (exact) mass is 294 g/mol. The van der Waals surface area contributed by atoms with Crippen molar-refractivity contribution in [2.24, 2.45) is 0 Å². The fourth-order valence-corrected chi connectivity index (χ4v) is 2.65. The summed E-state index contributed by atoms with van der Waals surface area (Å²) in [5, 5.41) is 0. The molecular weight excluding hydrogens is 260 g/mol. The van der Waals surface area contributed by atoms with E-state index >= 15 is 0 Å². The summed E-state index contributed by atoms with van der Waals surface area (Å²) in [7, 11) is 0. The van der Waals surface area contributed by atoms with E-state index in [1.165, 1.54) is 77.0 Å². The van der Waals surface area contributed by atoms with Crippen LogP contribution in [-0.4, -0.2) is 12.2 Å². The third kappa shape index (κ3) is 19.1. The predicted molar refractivity (Wildman–Crippen MR) is 90.2 cm³/mol. The van der Waals surface area contributed by atoms with E-state index in [1.807, 2.05) is 5.94 Å². The molecule has 2 heteroatoms. The van der Waals surface area contributed by atoms with Crippen molar-refractivity contribution < 1.29 is 9.59 Å². The van der Waals surface area contributed by atoms with Crippen LogP contribution in [0.3, 0.4) is 0 Å². The lowest BCUT2D eigenvalue weighted by atomic mass is 10.0. The lowest BCUT2D eigenvalue weighted by Crippen LogP contribution is -1.83. The Kier molecular flexibility index (Phi) is 18.3. The Labute approximate surface area is 131 Å². The molecule has 0 atom stereocenters. The van der Waals surface area contributed by atoms with Crippen LogP contribution in [0.25, 0.3) is 0 Å². The van der Waals surface area contributed by atoms with Crippen molar-refractivity contribution in [1.82, 2.24) is 0 Å². The Balaban J connectivity index is 2.96. The molecule has 0 amide bonds. The maximum absolute atomic E-state index is 10.2. The number of hydrogen-bond acceptors (Lipinski definition) is 2. The van der Waals surface area contributed by atoms with Gasteiger partial charge in [-0.3, -0.25) is 0 Å². The molecule has 21 heavy (non-hydrogen) atoms. The van der Waals surface area contributed by atoms with Crippen LogP contribution in [0, 0.1) is 0 Å². The minimum Gasteiger partial charge on any atom is -0.303 e. The van der Waals surface area contributed by atoms with Gasteiger partial charge in [-0.05, 0) is 25.3 Å². The highest BCUT2D eigenvalue weighted by atomic mass is 16.1. The van der Waals surface area contributed by atoms with Crippen LogP contribution in [0.5, 0.6) is 0 Å². The Hall–Kier alpha value is -0.880. The molecule has 0 aliphatic rings. The molecule has 0 rings (SSSR count). The molecule has 0 radical (unpaired) electrons. The SMILES string of the molecule is O=C=CCCCCCCCCCCCCCCCCC=O. The first-order valence-electron chi connectivity index (χ1n) is 9.04. The molecule has 0 aliphatic carbocycles. The lowest BCUT2D eigenvalue weighted by Gasteiger charge is -2.02. The summed E-state index contributed by atoms with van der Waals surface area (Å²) in [6.07, 6.45) is 22.5. The fraction of sp³-hybridized carbons (Fsp3) is 0.842. The van der Waals surface area contributed by atoms with Gasteiger partial charge in [0.2, 0.25) is 0 Å². The van der Waals surface area contributed by atoms with Crippen LogP contribution in [0.4, 0.5) is 0 Å². The zero-order valence-electron chi connectivity index (χ0n) is 13.8. The molecule has 0 aromatic heterocycles. The second-order valence-corrected chi connectivity index (χ2v) is 6.02. The summed E-state index contributed by atoms with van der Waals surface area (Å²) in [5.41, 5.74) is 0. The Bertz CT molecular complexity index is 254. The van der Waals surface area contributed by atoms with Gasteiger partial charge in [-0.25, -0.2) is 4.79 Å². The second-order valence-electron chi connectivity index (χ2n) is 6.02. The molecule has 0 N–H and O–H groups in total. The molecular formula is C19H34O2. The molecule has 122 valence electrons. The molecule has 2 nitrogen and oxygen atoms in total. The number of carbonyl (C=O) groups is 1. The average Bonchev–Trinajstić information content (AvgIpc) is 2.50. The highest BCUT2D eigenvalue weighted by Gasteiger charge is 1.94. The van der Waals surface area contributed by atoms with Gasteiger partial charge in [-0.1, -0.05) is 77.0 Å². The largest absolute Gasteiger partial charge is 0.303 e. The zero-order chi connectivity index (χ0) is 15.4. The Morgan fingerprint density at radius 3 is 1.19 bits per heavy atom. The predicted octanol–water partition coefficient (Wildman–Crippen LogP) is 5.81.